The topological polar surface area (TPSA) is 21.3 Å². The van der Waals surface area contributed by atoms with Crippen molar-refractivity contribution in [3.8, 4) is 0 Å². The van der Waals surface area contributed by atoms with Gasteiger partial charge < -0.3 is 10.1 Å². The molecule has 1 heterocycles. The molecule has 1 aliphatic heterocycles. The number of ether oxygens (including phenoxy) is 1. The fraction of sp³-hybridized carbons (Fsp3) is 0.500. The minimum atomic E-state index is -0.550. The Labute approximate surface area is 93.6 Å². The molecule has 0 aliphatic carbocycles. The molecule has 1 fully saturated rings. The fourth-order valence-electron chi connectivity index (χ4n) is 1.93. The van der Waals surface area contributed by atoms with Crippen molar-refractivity contribution in [1.29, 1.82) is 0 Å². The van der Waals surface area contributed by atoms with Crippen LogP contribution in [0.1, 0.15) is 13.3 Å². The summed E-state index contributed by atoms with van der Waals surface area (Å²) in [5, 5.41) is 2.89. The Morgan fingerprint density at radius 1 is 1.38 bits per heavy atom. The van der Waals surface area contributed by atoms with Crippen molar-refractivity contribution in [1.82, 2.24) is 0 Å². The SMILES string of the molecule is CC(Nc1c(F)cccc1F)C1CCOC1. The largest absolute Gasteiger partial charge is 0.381 e. The molecule has 1 aromatic carbocycles. The number of para-hydroxylation sites is 1. The van der Waals surface area contributed by atoms with E-state index in [1.165, 1.54) is 18.2 Å². The summed E-state index contributed by atoms with van der Waals surface area (Å²) < 4.78 is 32.0. The molecule has 0 bridgehead atoms. The van der Waals surface area contributed by atoms with Gasteiger partial charge in [0.2, 0.25) is 0 Å². The third-order valence-corrected chi connectivity index (χ3v) is 3.01. The van der Waals surface area contributed by atoms with Crippen LogP contribution in [0, 0.1) is 17.6 Å². The Kier molecular flexibility index (Phi) is 3.39. The molecule has 1 N–H and O–H groups in total. The molecule has 2 atom stereocenters. The molecule has 0 spiro atoms. The lowest BCUT2D eigenvalue weighted by molar-refractivity contribution is 0.183. The maximum Gasteiger partial charge on any atom is 0.149 e. The second-order valence-corrected chi connectivity index (χ2v) is 4.15. The van der Waals surface area contributed by atoms with Crippen LogP contribution in [0.3, 0.4) is 0 Å². The van der Waals surface area contributed by atoms with Gasteiger partial charge in [-0.05, 0) is 25.5 Å². The van der Waals surface area contributed by atoms with E-state index in [1.807, 2.05) is 6.92 Å². The first-order chi connectivity index (χ1) is 7.68. The van der Waals surface area contributed by atoms with Gasteiger partial charge >= 0.3 is 0 Å². The summed E-state index contributed by atoms with van der Waals surface area (Å²) in [6.07, 6.45) is 0.935. The number of nitrogens with one attached hydrogen (secondary N) is 1. The second kappa shape index (κ2) is 4.78. The van der Waals surface area contributed by atoms with Crippen LogP contribution in [0.25, 0.3) is 0 Å². The molecule has 2 nitrogen and oxygen atoms in total. The van der Waals surface area contributed by atoms with Gasteiger partial charge in [-0.3, -0.25) is 0 Å². The highest BCUT2D eigenvalue weighted by Gasteiger charge is 2.23. The van der Waals surface area contributed by atoms with Crippen LogP contribution in [-0.2, 0) is 4.74 Å². The quantitative estimate of drug-likeness (QED) is 0.857. The molecular weight excluding hydrogens is 212 g/mol. The molecule has 0 amide bonds. The molecule has 1 aliphatic rings. The minimum Gasteiger partial charge on any atom is -0.381 e. The third-order valence-electron chi connectivity index (χ3n) is 3.01. The summed E-state index contributed by atoms with van der Waals surface area (Å²) in [6.45, 7) is 3.31. The van der Waals surface area contributed by atoms with E-state index in [4.69, 9.17) is 4.74 Å². The fourth-order valence-corrected chi connectivity index (χ4v) is 1.93. The van der Waals surface area contributed by atoms with Crippen molar-refractivity contribution >= 4 is 5.69 Å². The van der Waals surface area contributed by atoms with E-state index in [1.54, 1.807) is 0 Å². The summed E-state index contributed by atoms with van der Waals surface area (Å²) >= 11 is 0. The zero-order valence-electron chi connectivity index (χ0n) is 9.17. The number of hydrogen-bond donors (Lipinski definition) is 1. The minimum absolute atomic E-state index is 0.00824. The molecule has 88 valence electrons. The average Bonchev–Trinajstić information content (AvgIpc) is 2.76. The zero-order chi connectivity index (χ0) is 11.5. The Bertz CT molecular complexity index is 344. The Morgan fingerprint density at radius 2 is 2.06 bits per heavy atom. The van der Waals surface area contributed by atoms with E-state index < -0.39 is 11.6 Å². The van der Waals surface area contributed by atoms with Gasteiger partial charge in [0.25, 0.3) is 0 Å². The van der Waals surface area contributed by atoms with Crippen LogP contribution in [0.2, 0.25) is 0 Å². The van der Waals surface area contributed by atoms with E-state index in [2.05, 4.69) is 5.32 Å². The van der Waals surface area contributed by atoms with E-state index in [9.17, 15) is 8.78 Å². The molecule has 1 aromatic rings. The van der Waals surface area contributed by atoms with Crippen molar-refractivity contribution < 1.29 is 13.5 Å². The summed E-state index contributed by atoms with van der Waals surface area (Å²) in [5.74, 6) is -0.782. The second-order valence-electron chi connectivity index (χ2n) is 4.15. The highest BCUT2D eigenvalue weighted by molar-refractivity contribution is 5.46. The maximum atomic E-state index is 13.4. The predicted molar refractivity (Wildman–Crippen MR) is 58.4 cm³/mol. The van der Waals surface area contributed by atoms with E-state index >= 15 is 0 Å². The molecular formula is C12H15F2NO. The highest BCUT2D eigenvalue weighted by Crippen LogP contribution is 2.23. The van der Waals surface area contributed by atoms with Crippen LogP contribution in [0.15, 0.2) is 18.2 Å². The first kappa shape index (κ1) is 11.3. The Hall–Kier alpha value is -1.16. The number of benzene rings is 1. The van der Waals surface area contributed by atoms with Crippen molar-refractivity contribution in [2.24, 2.45) is 5.92 Å². The van der Waals surface area contributed by atoms with Crippen molar-refractivity contribution in [3.05, 3.63) is 29.8 Å². The first-order valence-corrected chi connectivity index (χ1v) is 5.47. The summed E-state index contributed by atoms with van der Waals surface area (Å²) in [5.41, 5.74) is -0.0399. The average molecular weight is 227 g/mol. The first-order valence-electron chi connectivity index (χ1n) is 5.47. The molecule has 0 saturated carbocycles. The van der Waals surface area contributed by atoms with Gasteiger partial charge in [0, 0.05) is 18.6 Å². The van der Waals surface area contributed by atoms with Gasteiger partial charge in [-0.2, -0.15) is 0 Å². The lowest BCUT2D eigenvalue weighted by atomic mass is 10.0. The maximum absolute atomic E-state index is 13.4. The lowest BCUT2D eigenvalue weighted by Gasteiger charge is -2.21. The molecule has 2 unspecified atom stereocenters. The van der Waals surface area contributed by atoms with Crippen LogP contribution in [0.5, 0.6) is 0 Å². The van der Waals surface area contributed by atoms with E-state index in [0.29, 0.717) is 12.5 Å². The molecule has 16 heavy (non-hydrogen) atoms. The zero-order valence-corrected chi connectivity index (χ0v) is 9.17. The lowest BCUT2D eigenvalue weighted by Crippen LogP contribution is -2.27. The van der Waals surface area contributed by atoms with Gasteiger partial charge in [0.1, 0.15) is 17.3 Å². The van der Waals surface area contributed by atoms with Crippen LogP contribution in [-0.4, -0.2) is 19.3 Å². The standard InChI is InChI=1S/C12H15F2NO/c1-8(9-5-6-16-7-9)15-12-10(13)3-2-4-11(12)14/h2-4,8-9,15H,5-7H2,1H3. The van der Waals surface area contributed by atoms with Crippen molar-refractivity contribution in [3.63, 3.8) is 0 Å². The van der Waals surface area contributed by atoms with Crippen molar-refractivity contribution in [2.45, 2.75) is 19.4 Å². The Balaban J connectivity index is 2.07. The number of hydrogen-bond acceptors (Lipinski definition) is 2. The van der Waals surface area contributed by atoms with Crippen molar-refractivity contribution in [2.75, 3.05) is 18.5 Å². The summed E-state index contributed by atoms with van der Waals surface area (Å²) in [6, 6.07) is 3.88. The summed E-state index contributed by atoms with van der Waals surface area (Å²) in [7, 11) is 0. The van der Waals surface area contributed by atoms with E-state index in [0.717, 1.165) is 13.0 Å². The van der Waals surface area contributed by atoms with E-state index in [-0.39, 0.29) is 11.7 Å². The molecule has 1 saturated heterocycles. The van der Waals surface area contributed by atoms with Crippen LogP contribution < -0.4 is 5.32 Å². The molecule has 0 aromatic heterocycles. The normalized spacial score (nSPS) is 22.1. The predicted octanol–water partition coefficient (Wildman–Crippen LogP) is 2.80. The third kappa shape index (κ3) is 2.32. The Morgan fingerprint density at radius 3 is 2.62 bits per heavy atom. The molecule has 4 heteroatoms. The van der Waals surface area contributed by atoms with Gasteiger partial charge in [0.05, 0.1) is 6.61 Å². The van der Waals surface area contributed by atoms with Crippen LogP contribution in [0.4, 0.5) is 14.5 Å². The highest BCUT2D eigenvalue weighted by atomic mass is 19.1. The van der Waals surface area contributed by atoms with Gasteiger partial charge in [-0.25, -0.2) is 8.78 Å². The van der Waals surface area contributed by atoms with Gasteiger partial charge in [0.15, 0.2) is 0 Å². The molecule has 0 radical (unpaired) electrons. The van der Waals surface area contributed by atoms with Crippen LogP contribution >= 0.6 is 0 Å². The smallest absolute Gasteiger partial charge is 0.149 e. The number of rotatable bonds is 3. The molecule has 2 rings (SSSR count). The summed E-state index contributed by atoms with van der Waals surface area (Å²) in [4.78, 5) is 0. The number of anilines is 1. The number of halogens is 2. The monoisotopic (exact) mass is 227 g/mol. The van der Waals surface area contributed by atoms with Gasteiger partial charge in [-0.15, -0.1) is 0 Å². The van der Waals surface area contributed by atoms with Gasteiger partial charge in [-0.1, -0.05) is 6.07 Å².